The second kappa shape index (κ2) is 8.12. The Hall–Kier alpha value is -4.24. The Labute approximate surface area is 183 Å². The van der Waals surface area contributed by atoms with Crippen molar-refractivity contribution in [1.29, 1.82) is 10.5 Å². The van der Waals surface area contributed by atoms with Crippen LogP contribution in [-0.2, 0) is 0 Å². The van der Waals surface area contributed by atoms with Crippen molar-refractivity contribution in [3.05, 3.63) is 69.5 Å². The van der Waals surface area contributed by atoms with Crippen LogP contribution < -0.4 is 5.56 Å². The summed E-state index contributed by atoms with van der Waals surface area (Å²) >= 11 is 0. The lowest BCUT2D eigenvalue weighted by molar-refractivity contribution is 0.0719. The predicted molar refractivity (Wildman–Crippen MR) is 115 cm³/mol. The minimum atomic E-state index is -1.23. The van der Waals surface area contributed by atoms with Gasteiger partial charge in [-0.25, -0.2) is 14.2 Å². The SMILES string of the molecule is C[C@@H](c1nc2c(C#N)cc(F)cc2c(=O)n1-c1cccc(C#N)c1)N(C(=O)O)C(C)(C)C. The first-order valence-corrected chi connectivity index (χ1v) is 9.68. The topological polar surface area (TPSA) is 123 Å². The Morgan fingerprint density at radius 3 is 2.47 bits per heavy atom. The van der Waals surface area contributed by atoms with Crippen LogP contribution in [0, 0.1) is 28.5 Å². The van der Waals surface area contributed by atoms with Crippen molar-refractivity contribution in [2.75, 3.05) is 0 Å². The zero-order valence-electron chi connectivity index (χ0n) is 17.9. The third kappa shape index (κ3) is 3.88. The molecule has 1 N–H and O–H groups in total. The van der Waals surface area contributed by atoms with Gasteiger partial charge in [-0.1, -0.05) is 6.07 Å². The van der Waals surface area contributed by atoms with Crippen LogP contribution >= 0.6 is 0 Å². The normalized spacial score (nSPS) is 12.1. The molecule has 3 aromatic rings. The Morgan fingerprint density at radius 2 is 1.91 bits per heavy atom. The molecule has 0 aliphatic rings. The van der Waals surface area contributed by atoms with Crippen LogP contribution in [0.25, 0.3) is 16.6 Å². The zero-order valence-corrected chi connectivity index (χ0v) is 17.9. The highest BCUT2D eigenvalue weighted by molar-refractivity contribution is 5.84. The van der Waals surface area contributed by atoms with Crippen LogP contribution in [0.1, 0.15) is 50.7 Å². The van der Waals surface area contributed by atoms with E-state index in [1.54, 1.807) is 45.9 Å². The monoisotopic (exact) mass is 433 g/mol. The third-order valence-corrected chi connectivity index (χ3v) is 5.01. The number of hydrogen-bond acceptors (Lipinski definition) is 5. The van der Waals surface area contributed by atoms with Crippen molar-refractivity contribution < 1.29 is 14.3 Å². The van der Waals surface area contributed by atoms with Gasteiger partial charge in [0.25, 0.3) is 5.56 Å². The second-order valence-electron chi connectivity index (χ2n) is 8.23. The summed E-state index contributed by atoms with van der Waals surface area (Å²) in [5.41, 5.74) is -1.14. The molecule has 0 saturated heterocycles. The van der Waals surface area contributed by atoms with Gasteiger partial charge < -0.3 is 5.11 Å². The average Bonchev–Trinajstić information content (AvgIpc) is 2.72. The summed E-state index contributed by atoms with van der Waals surface area (Å²) < 4.78 is 15.3. The Kier molecular flexibility index (Phi) is 5.70. The van der Waals surface area contributed by atoms with Gasteiger partial charge in [-0.05, 0) is 58.0 Å². The molecule has 162 valence electrons. The lowest BCUT2D eigenvalue weighted by Gasteiger charge is -2.38. The van der Waals surface area contributed by atoms with Crippen molar-refractivity contribution in [1.82, 2.24) is 14.5 Å². The molecule has 8 nitrogen and oxygen atoms in total. The lowest BCUT2D eigenvalue weighted by atomic mass is 10.0. The number of rotatable bonds is 3. The van der Waals surface area contributed by atoms with Gasteiger partial charge in [0.1, 0.15) is 17.7 Å². The van der Waals surface area contributed by atoms with Crippen molar-refractivity contribution in [3.8, 4) is 17.8 Å². The summed E-state index contributed by atoms with van der Waals surface area (Å²) in [7, 11) is 0. The minimum absolute atomic E-state index is 0.0207. The standard InChI is InChI=1S/C23H20FN5O3/c1-13(29(22(31)32)23(2,3)4)20-27-19-15(12-26)9-16(24)10-18(19)21(30)28(20)17-7-5-6-14(8-17)11-25/h5-10,13H,1-4H3,(H,31,32)/t13-/m0/s1. The zero-order chi connectivity index (χ0) is 23.8. The van der Waals surface area contributed by atoms with Crippen molar-refractivity contribution in [2.45, 2.75) is 39.3 Å². The highest BCUT2D eigenvalue weighted by Gasteiger charge is 2.34. The van der Waals surface area contributed by atoms with Gasteiger partial charge in [-0.15, -0.1) is 0 Å². The van der Waals surface area contributed by atoms with E-state index in [9.17, 15) is 29.6 Å². The van der Waals surface area contributed by atoms with Gasteiger partial charge in [0, 0.05) is 5.54 Å². The van der Waals surface area contributed by atoms with E-state index in [1.165, 1.54) is 6.07 Å². The van der Waals surface area contributed by atoms with Crippen LogP contribution in [0.5, 0.6) is 0 Å². The molecule has 0 bridgehead atoms. The number of nitriles is 2. The van der Waals surface area contributed by atoms with Crippen LogP contribution in [0.3, 0.4) is 0 Å². The van der Waals surface area contributed by atoms with Crippen molar-refractivity contribution in [3.63, 3.8) is 0 Å². The molecule has 1 atom stereocenters. The maximum atomic E-state index is 14.1. The van der Waals surface area contributed by atoms with Crippen molar-refractivity contribution >= 4 is 17.0 Å². The summed E-state index contributed by atoms with van der Waals surface area (Å²) in [6, 6.07) is 11.0. The number of halogens is 1. The number of benzene rings is 2. The first kappa shape index (κ1) is 22.4. The molecule has 0 aliphatic carbocycles. The van der Waals surface area contributed by atoms with Crippen LogP contribution in [-0.4, -0.2) is 31.2 Å². The molecule has 0 fully saturated rings. The Morgan fingerprint density at radius 1 is 1.22 bits per heavy atom. The smallest absolute Gasteiger partial charge is 0.408 e. The number of carboxylic acid groups (broad SMARTS) is 1. The number of nitrogens with zero attached hydrogens (tertiary/aromatic N) is 5. The molecule has 1 aromatic heterocycles. The maximum absolute atomic E-state index is 14.1. The van der Waals surface area contributed by atoms with Gasteiger partial charge in [0.05, 0.1) is 39.8 Å². The molecule has 1 amide bonds. The molecule has 3 rings (SSSR count). The minimum Gasteiger partial charge on any atom is -0.465 e. The fraction of sp³-hybridized carbons (Fsp3) is 0.261. The molecule has 0 radical (unpaired) electrons. The molecule has 0 spiro atoms. The summed E-state index contributed by atoms with van der Waals surface area (Å²) in [6.07, 6.45) is -1.23. The number of hydrogen-bond donors (Lipinski definition) is 1. The summed E-state index contributed by atoms with van der Waals surface area (Å²) in [5, 5.41) is 28.5. The van der Waals surface area contributed by atoms with E-state index in [4.69, 9.17) is 0 Å². The third-order valence-electron chi connectivity index (χ3n) is 5.01. The average molecular weight is 433 g/mol. The van der Waals surface area contributed by atoms with Gasteiger partial charge >= 0.3 is 6.09 Å². The molecule has 9 heteroatoms. The number of amides is 1. The fourth-order valence-corrected chi connectivity index (χ4v) is 3.75. The molecule has 1 heterocycles. The van der Waals surface area contributed by atoms with Crippen LogP contribution in [0.15, 0.2) is 41.2 Å². The largest absolute Gasteiger partial charge is 0.465 e. The lowest BCUT2D eigenvalue weighted by Crippen LogP contribution is -2.47. The molecule has 32 heavy (non-hydrogen) atoms. The number of fused-ring (bicyclic) bond motifs is 1. The molecule has 0 aliphatic heterocycles. The van der Waals surface area contributed by atoms with E-state index in [0.717, 1.165) is 21.6 Å². The van der Waals surface area contributed by atoms with Gasteiger partial charge in [0.15, 0.2) is 0 Å². The van der Waals surface area contributed by atoms with E-state index in [1.807, 2.05) is 12.1 Å². The first-order valence-electron chi connectivity index (χ1n) is 9.68. The Balaban J connectivity index is 2.49. The first-order chi connectivity index (χ1) is 15.0. The molecule has 0 saturated carbocycles. The van der Waals surface area contributed by atoms with Crippen molar-refractivity contribution in [2.24, 2.45) is 0 Å². The van der Waals surface area contributed by atoms with Gasteiger partial charge in [-0.2, -0.15) is 10.5 Å². The fourth-order valence-electron chi connectivity index (χ4n) is 3.75. The quantitative estimate of drug-likeness (QED) is 0.663. The molecule has 2 aromatic carbocycles. The summed E-state index contributed by atoms with van der Waals surface area (Å²) in [6.45, 7) is 6.68. The second-order valence-corrected chi connectivity index (χ2v) is 8.23. The summed E-state index contributed by atoms with van der Waals surface area (Å²) in [5.74, 6) is -0.731. The summed E-state index contributed by atoms with van der Waals surface area (Å²) in [4.78, 5) is 31.2. The Bertz CT molecular complexity index is 1380. The van der Waals surface area contributed by atoms with Crippen LogP contribution in [0.4, 0.5) is 9.18 Å². The van der Waals surface area contributed by atoms with E-state index >= 15 is 0 Å². The van der Waals surface area contributed by atoms with E-state index < -0.39 is 29.1 Å². The molecule has 0 unspecified atom stereocenters. The molecular weight excluding hydrogens is 413 g/mol. The highest BCUT2D eigenvalue weighted by Crippen LogP contribution is 2.29. The van der Waals surface area contributed by atoms with Gasteiger partial charge in [-0.3, -0.25) is 14.3 Å². The van der Waals surface area contributed by atoms with E-state index in [-0.39, 0.29) is 33.5 Å². The van der Waals surface area contributed by atoms with E-state index in [0.29, 0.717) is 0 Å². The maximum Gasteiger partial charge on any atom is 0.408 e. The predicted octanol–water partition coefficient (Wildman–Crippen LogP) is 4.11. The van der Waals surface area contributed by atoms with Gasteiger partial charge in [0.2, 0.25) is 0 Å². The number of aromatic nitrogens is 2. The molecular formula is C23H20FN5O3. The highest BCUT2D eigenvalue weighted by atomic mass is 19.1. The van der Waals surface area contributed by atoms with Crippen LogP contribution in [0.2, 0.25) is 0 Å². The van der Waals surface area contributed by atoms with E-state index in [2.05, 4.69) is 4.98 Å². The number of carbonyl (C=O) groups is 1.